The summed E-state index contributed by atoms with van der Waals surface area (Å²) in [5, 5.41) is 12.5. The van der Waals surface area contributed by atoms with Gasteiger partial charge in [-0.25, -0.2) is 4.79 Å². The molecule has 0 spiro atoms. The van der Waals surface area contributed by atoms with Crippen molar-refractivity contribution >= 4 is 11.9 Å². The highest BCUT2D eigenvalue weighted by molar-refractivity contribution is 5.87. The molecular weight excluding hydrogens is 362 g/mol. The fourth-order valence-corrected chi connectivity index (χ4v) is 3.84. The molecule has 0 atom stereocenters. The van der Waals surface area contributed by atoms with Crippen molar-refractivity contribution in [2.75, 3.05) is 21.3 Å². The number of methoxy groups -OCH3 is 3. The van der Waals surface area contributed by atoms with Crippen LogP contribution in [0.2, 0.25) is 0 Å². The van der Waals surface area contributed by atoms with Crippen LogP contribution < -0.4 is 19.5 Å². The van der Waals surface area contributed by atoms with Crippen LogP contribution in [-0.4, -0.2) is 43.9 Å². The number of hydrogen-bond acceptors (Lipinski definition) is 5. The lowest BCUT2D eigenvalue weighted by molar-refractivity contribution is -0.149. The van der Waals surface area contributed by atoms with Crippen molar-refractivity contribution in [1.82, 2.24) is 5.32 Å². The van der Waals surface area contributed by atoms with Crippen LogP contribution in [0.3, 0.4) is 0 Å². The molecule has 0 radical (unpaired) electrons. The zero-order chi connectivity index (χ0) is 20.7. The molecule has 7 nitrogen and oxygen atoms in total. The highest BCUT2D eigenvalue weighted by atomic mass is 16.5. The SMILES string of the molecule is CCC1CCC(NC(=O)CCc2cc(OC)c(OC)c(OC)c2)(C(=O)O)CC1. The van der Waals surface area contributed by atoms with Gasteiger partial charge in [0.15, 0.2) is 11.5 Å². The van der Waals surface area contributed by atoms with Crippen LogP contribution >= 0.6 is 0 Å². The maximum Gasteiger partial charge on any atom is 0.329 e. The number of carbonyl (C=O) groups excluding carboxylic acids is 1. The van der Waals surface area contributed by atoms with E-state index in [0.29, 0.717) is 42.4 Å². The molecule has 7 heteroatoms. The Morgan fingerprint density at radius 2 is 1.68 bits per heavy atom. The van der Waals surface area contributed by atoms with Gasteiger partial charge in [-0.3, -0.25) is 4.79 Å². The number of rotatable bonds is 9. The average Bonchev–Trinajstić information content (AvgIpc) is 2.71. The molecule has 0 heterocycles. The van der Waals surface area contributed by atoms with Crippen molar-refractivity contribution in [3.8, 4) is 17.2 Å². The first kappa shape index (κ1) is 21.9. The van der Waals surface area contributed by atoms with E-state index in [1.54, 1.807) is 12.1 Å². The van der Waals surface area contributed by atoms with Crippen molar-refractivity contribution in [2.45, 2.75) is 57.4 Å². The van der Waals surface area contributed by atoms with Gasteiger partial charge in [0.05, 0.1) is 21.3 Å². The van der Waals surface area contributed by atoms with E-state index < -0.39 is 11.5 Å². The molecule has 0 bridgehead atoms. The average molecular weight is 393 g/mol. The van der Waals surface area contributed by atoms with Crippen LogP contribution in [-0.2, 0) is 16.0 Å². The summed E-state index contributed by atoms with van der Waals surface area (Å²) in [6.45, 7) is 2.12. The summed E-state index contributed by atoms with van der Waals surface area (Å²) in [6, 6.07) is 3.60. The normalized spacial score (nSPS) is 21.6. The van der Waals surface area contributed by atoms with Crippen molar-refractivity contribution in [2.24, 2.45) is 5.92 Å². The zero-order valence-corrected chi connectivity index (χ0v) is 17.2. The van der Waals surface area contributed by atoms with Gasteiger partial charge in [0.2, 0.25) is 11.7 Å². The second-order valence-electron chi connectivity index (χ2n) is 7.32. The monoisotopic (exact) mass is 393 g/mol. The fourth-order valence-electron chi connectivity index (χ4n) is 3.84. The minimum atomic E-state index is -1.14. The van der Waals surface area contributed by atoms with Gasteiger partial charge in [0, 0.05) is 6.42 Å². The number of aliphatic carboxylic acids is 1. The molecule has 156 valence electrons. The van der Waals surface area contributed by atoms with Gasteiger partial charge >= 0.3 is 5.97 Å². The van der Waals surface area contributed by atoms with E-state index >= 15 is 0 Å². The second kappa shape index (κ2) is 9.66. The van der Waals surface area contributed by atoms with Crippen LogP contribution in [0.1, 0.15) is 51.0 Å². The van der Waals surface area contributed by atoms with E-state index in [1.807, 2.05) is 0 Å². The summed E-state index contributed by atoms with van der Waals surface area (Å²) in [7, 11) is 4.61. The van der Waals surface area contributed by atoms with Gasteiger partial charge in [-0.05, 0) is 55.7 Å². The molecule has 28 heavy (non-hydrogen) atoms. The predicted molar refractivity (Wildman–Crippen MR) is 105 cm³/mol. The first-order chi connectivity index (χ1) is 13.4. The van der Waals surface area contributed by atoms with Crippen LogP contribution in [0.15, 0.2) is 12.1 Å². The Morgan fingerprint density at radius 1 is 1.11 bits per heavy atom. The van der Waals surface area contributed by atoms with Crippen LogP contribution in [0, 0.1) is 5.92 Å². The quantitative estimate of drug-likeness (QED) is 0.669. The molecule has 0 aliphatic heterocycles. The Labute approximate surface area is 166 Å². The standard InChI is InChI=1S/C21H31NO6/c1-5-14-8-10-21(11-9-14,20(24)25)22-18(23)7-6-15-12-16(26-2)19(28-4)17(13-15)27-3/h12-14H,5-11H2,1-4H3,(H,22,23)(H,24,25). The lowest BCUT2D eigenvalue weighted by Crippen LogP contribution is -2.56. The minimum Gasteiger partial charge on any atom is -0.493 e. The minimum absolute atomic E-state index is 0.185. The number of ether oxygens (including phenoxy) is 3. The summed E-state index contributed by atoms with van der Waals surface area (Å²) in [5.74, 6) is 0.892. The second-order valence-corrected chi connectivity index (χ2v) is 7.32. The molecule has 2 N–H and O–H groups in total. The number of benzene rings is 1. The Hall–Kier alpha value is -2.44. The Morgan fingerprint density at radius 3 is 2.11 bits per heavy atom. The largest absolute Gasteiger partial charge is 0.493 e. The summed E-state index contributed by atoms with van der Waals surface area (Å²) < 4.78 is 16.0. The first-order valence-electron chi connectivity index (χ1n) is 9.72. The van der Waals surface area contributed by atoms with Gasteiger partial charge in [0.1, 0.15) is 5.54 Å². The summed E-state index contributed by atoms with van der Waals surface area (Å²) in [5.41, 5.74) is -0.290. The molecule has 1 fully saturated rings. The smallest absolute Gasteiger partial charge is 0.329 e. The molecule has 0 saturated heterocycles. The number of carboxylic acid groups (broad SMARTS) is 1. The van der Waals surface area contributed by atoms with Gasteiger partial charge in [0.25, 0.3) is 0 Å². The molecule has 0 aromatic heterocycles. The topological polar surface area (TPSA) is 94.1 Å². The number of carboxylic acids is 1. The molecule has 1 aliphatic rings. The van der Waals surface area contributed by atoms with Crippen molar-refractivity contribution < 1.29 is 28.9 Å². The van der Waals surface area contributed by atoms with Crippen molar-refractivity contribution in [3.63, 3.8) is 0 Å². The molecule has 2 rings (SSSR count). The number of hydrogen-bond donors (Lipinski definition) is 2. The third-order valence-corrected chi connectivity index (χ3v) is 5.69. The fraction of sp³-hybridized carbons (Fsp3) is 0.619. The molecule has 1 saturated carbocycles. The highest BCUT2D eigenvalue weighted by Crippen LogP contribution is 2.38. The van der Waals surface area contributed by atoms with Gasteiger partial charge in [-0.1, -0.05) is 13.3 Å². The molecule has 1 aliphatic carbocycles. The highest BCUT2D eigenvalue weighted by Gasteiger charge is 2.42. The maximum atomic E-state index is 12.5. The Bertz CT molecular complexity index is 669. The number of nitrogens with one attached hydrogen (secondary N) is 1. The lowest BCUT2D eigenvalue weighted by Gasteiger charge is -2.37. The summed E-state index contributed by atoms with van der Waals surface area (Å²) >= 11 is 0. The van der Waals surface area contributed by atoms with Gasteiger partial charge in [-0.15, -0.1) is 0 Å². The van der Waals surface area contributed by atoms with E-state index in [-0.39, 0.29) is 12.3 Å². The van der Waals surface area contributed by atoms with Crippen molar-refractivity contribution in [3.05, 3.63) is 17.7 Å². The van der Waals surface area contributed by atoms with Crippen LogP contribution in [0.5, 0.6) is 17.2 Å². The van der Waals surface area contributed by atoms with Crippen molar-refractivity contribution in [1.29, 1.82) is 0 Å². The van der Waals surface area contributed by atoms with E-state index in [9.17, 15) is 14.7 Å². The predicted octanol–water partition coefficient (Wildman–Crippen LogP) is 3.18. The summed E-state index contributed by atoms with van der Waals surface area (Å²) in [6.07, 6.45) is 4.30. The number of carbonyl (C=O) groups is 2. The Balaban J connectivity index is 2.04. The van der Waals surface area contributed by atoms with Gasteiger partial charge in [-0.2, -0.15) is 0 Å². The zero-order valence-electron chi connectivity index (χ0n) is 17.2. The Kier molecular flexibility index (Phi) is 7.54. The van der Waals surface area contributed by atoms with E-state index in [0.717, 1.165) is 24.8 Å². The number of amides is 1. The van der Waals surface area contributed by atoms with Gasteiger partial charge < -0.3 is 24.6 Å². The third-order valence-electron chi connectivity index (χ3n) is 5.69. The molecule has 0 unspecified atom stereocenters. The lowest BCUT2D eigenvalue weighted by atomic mass is 9.75. The molecular formula is C21H31NO6. The third kappa shape index (κ3) is 4.88. The van der Waals surface area contributed by atoms with Crippen LogP contribution in [0.25, 0.3) is 0 Å². The first-order valence-corrected chi connectivity index (χ1v) is 9.72. The number of aryl methyl sites for hydroxylation is 1. The van der Waals surface area contributed by atoms with E-state index in [2.05, 4.69) is 12.2 Å². The summed E-state index contributed by atoms with van der Waals surface area (Å²) in [4.78, 5) is 24.4. The maximum absolute atomic E-state index is 12.5. The van der Waals surface area contributed by atoms with E-state index in [1.165, 1.54) is 21.3 Å². The molecule has 1 amide bonds. The molecule has 1 aromatic carbocycles. The van der Waals surface area contributed by atoms with E-state index in [4.69, 9.17) is 14.2 Å². The van der Waals surface area contributed by atoms with Crippen LogP contribution in [0.4, 0.5) is 0 Å². The molecule has 1 aromatic rings.